The number of anilines is 1. The fourth-order valence-corrected chi connectivity index (χ4v) is 3.85. The van der Waals surface area contributed by atoms with Crippen LogP contribution in [0.2, 0.25) is 5.02 Å². The lowest BCUT2D eigenvalue weighted by molar-refractivity contribution is -0.143. The molecule has 0 saturated heterocycles. The van der Waals surface area contributed by atoms with Crippen molar-refractivity contribution in [3.63, 3.8) is 0 Å². The van der Waals surface area contributed by atoms with Crippen molar-refractivity contribution >= 4 is 29.0 Å². The molecule has 190 valence electrons. The van der Waals surface area contributed by atoms with Crippen LogP contribution in [-0.2, 0) is 22.6 Å². The van der Waals surface area contributed by atoms with E-state index in [9.17, 15) is 35.9 Å². The molecule has 0 aliphatic carbocycles. The molecule has 3 nitrogen and oxygen atoms in total. The summed E-state index contributed by atoms with van der Waals surface area (Å²) in [6.07, 6.45) is -10.1. The fraction of sp³-hybridized carbons (Fsp3) is 0.231. The summed E-state index contributed by atoms with van der Waals surface area (Å²) in [5.41, 5.74) is -4.94. The number of nitrogens with zero attached hydrogens (tertiary/aromatic N) is 1. The van der Waals surface area contributed by atoms with Crippen LogP contribution in [-0.4, -0.2) is 18.7 Å². The van der Waals surface area contributed by atoms with Crippen molar-refractivity contribution in [2.24, 2.45) is 0 Å². The lowest BCUT2D eigenvalue weighted by Crippen LogP contribution is -2.42. The first-order valence-electron chi connectivity index (χ1n) is 10.5. The summed E-state index contributed by atoms with van der Waals surface area (Å²) < 4.78 is 80.3. The summed E-state index contributed by atoms with van der Waals surface area (Å²) in [4.78, 5) is 27.6. The van der Waals surface area contributed by atoms with E-state index in [0.29, 0.717) is 17.7 Å². The van der Waals surface area contributed by atoms with Gasteiger partial charge in [-0.3, -0.25) is 9.59 Å². The normalized spacial score (nSPS) is 12.4. The molecule has 3 aromatic carbocycles. The Morgan fingerprint density at radius 2 is 1.25 bits per heavy atom. The minimum absolute atomic E-state index is 0.00136. The molecular weight excluding hydrogens is 508 g/mol. The highest BCUT2D eigenvalue weighted by Gasteiger charge is 2.41. The quantitative estimate of drug-likeness (QED) is 0.254. The lowest BCUT2D eigenvalue weighted by Gasteiger charge is -2.32. The smallest absolute Gasteiger partial charge is 0.314 e. The summed E-state index contributed by atoms with van der Waals surface area (Å²) >= 11 is 6.09. The van der Waals surface area contributed by atoms with Gasteiger partial charge >= 0.3 is 12.4 Å². The maximum Gasteiger partial charge on any atom is 0.416 e. The summed E-state index contributed by atoms with van der Waals surface area (Å²) in [6.45, 7) is 2.43. The molecule has 0 aliphatic heterocycles. The average Bonchev–Trinajstić information content (AvgIpc) is 2.81. The summed E-state index contributed by atoms with van der Waals surface area (Å²) in [7, 11) is 1.27. The van der Waals surface area contributed by atoms with Gasteiger partial charge in [0, 0.05) is 23.2 Å². The van der Waals surface area contributed by atoms with Gasteiger partial charge in [-0.2, -0.15) is 26.3 Å². The van der Waals surface area contributed by atoms with Crippen LogP contribution in [0.15, 0.2) is 66.7 Å². The van der Waals surface area contributed by atoms with Gasteiger partial charge in [0.1, 0.15) is 0 Å². The van der Waals surface area contributed by atoms with Gasteiger partial charge in [0.25, 0.3) is 0 Å². The van der Waals surface area contributed by atoms with Gasteiger partial charge in [-0.1, -0.05) is 41.9 Å². The van der Waals surface area contributed by atoms with Crippen LogP contribution in [0.4, 0.5) is 32.0 Å². The molecule has 0 aromatic heterocycles. The number of hydrogen-bond acceptors (Lipinski definition) is 2. The van der Waals surface area contributed by atoms with Crippen LogP contribution in [0.3, 0.4) is 0 Å². The maximum absolute atomic E-state index is 13.5. The van der Waals surface area contributed by atoms with Crippen molar-refractivity contribution in [2.75, 3.05) is 11.9 Å². The van der Waals surface area contributed by atoms with Crippen LogP contribution in [0.1, 0.15) is 46.5 Å². The first kappa shape index (κ1) is 27.3. The zero-order chi connectivity index (χ0) is 27.1. The first-order valence-corrected chi connectivity index (χ1v) is 10.9. The van der Waals surface area contributed by atoms with E-state index in [0.717, 1.165) is 4.90 Å². The predicted octanol–water partition coefficient (Wildman–Crippen LogP) is 7.55. The second kappa shape index (κ2) is 9.61. The van der Waals surface area contributed by atoms with E-state index < -0.39 is 46.1 Å². The average molecular weight is 528 g/mol. The number of hydrogen-bond donors (Lipinski definition) is 0. The number of halogens is 7. The molecule has 1 amide bonds. The van der Waals surface area contributed by atoms with Gasteiger partial charge in [-0.05, 0) is 55.8 Å². The van der Waals surface area contributed by atoms with E-state index in [2.05, 4.69) is 0 Å². The number of amides is 1. The second-order valence-corrected chi connectivity index (χ2v) is 9.08. The Labute approximate surface area is 208 Å². The Hall–Kier alpha value is -3.33. The second-order valence-electron chi connectivity index (χ2n) is 8.64. The molecule has 0 unspecified atom stereocenters. The molecule has 0 radical (unpaired) electrons. The number of carbonyl (C=O) groups is 2. The van der Waals surface area contributed by atoms with Gasteiger partial charge in [0.2, 0.25) is 5.91 Å². The van der Waals surface area contributed by atoms with E-state index in [1.807, 2.05) is 0 Å². The Balaban J connectivity index is 2.10. The summed E-state index contributed by atoms with van der Waals surface area (Å²) in [6, 6.07) is 13.3. The Bertz CT molecular complexity index is 1270. The van der Waals surface area contributed by atoms with Crippen molar-refractivity contribution in [3.8, 4) is 0 Å². The number of alkyl halides is 6. The first-order chi connectivity index (χ1) is 16.5. The van der Waals surface area contributed by atoms with E-state index >= 15 is 0 Å². The van der Waals surface area contributed by atoms with Crippen LogP contribution in [0, 0.1) is 0 Å². The molecule has 0 heterocycles. The minimum Gasteiger partial charge on any atom is -0.314 e. The van der Waals surface area contributed by atoms with E-state index in [-0.39, 0.29) is 22.3 Å². The van der Waals surface area contributed by atoms with E-state index in [4.69, 9.17) is 11.6 Å². The van der Waals surface area contributed by atoms with Gasteiger partial charge in [0.15, 0.2) is 5.78 Å². The molecule has 0 aliphatic rings. The minimum atomic E-state index is -5.07. The van der Waals surface area contributed by atoms with Crippen LogP contribution in [0.5, 0.6) is 0 Å². The van der Waals surface area contributed by atoms with Crippen molar-refractivity contribution in [1.29, 1.82) is 0 Å². The highest BCUT2D eigenvalue weighted by atomic mass is 35.5. The molecule has 0 bridgehead atoms. The third kappa shape index (κ3) is 5.56. The standard InChI is InChI=1S/C26H20ClF6NO2/c1-24(2,16-11-17(25(28,29)30)13-18(12-16)26(31,32)33)23(36)34(3)21-14-19(27)9-10-20(21)22(35)15-7-5-4-6-8-15/h4-14H,1-3H3. The van der Waals surface area contributed by atoms with Crippen LogP contribution in [0.25, 0.3) is 0 Å². The number of benzene rings is 3. The molecule has 3 rings (SSSR count). The molecular formula is C26H20ClF6NO2. The van der Waals surface area contributed by atoms with Gasteiger partial charge in [0.05, 0.1) is 22.2 Å². The number of rotatable bonds is 5. The molecule has 0 spiro atoms. The number of likely N-dealkylation sites (N-methyl/N-ethyl adjacent to an activating group) is 1. The highest BCUT2D eigenvalue weighted by molar-refractivity contribution is 6.31. The molecule has 3 aromatic rings. The number of carbonyl (C=O) groups excluding carboxylic acids is 2. The Morgan fingerprint density at radius 3 is 1.75 bits per heavy atom. The van der Waals surface area contributed by atoms with Crippen LogP contribution < -0.4 is 4.90 Å². The highest BCUT2D eigenvalue weighted by Crippen LogP contribution is 2.40. The predicted molar refractivity (Wildman–Crippen MR) is 124 cm³/mol. The van der Waals surface area contributed by atoms with E-state index in [1.165, 1.54) is 39.1 Å². The third-order valence-electron chi connectivity index (χ3n) is 5.75. The molecule has 0 atom stereocenters. The lowest BCUT2D eigenvalue weighted by atomic mass is 9.81. The fourth-order valence-electron chi connectivity index (χ4n) is 3.69. The Kier molecular flexibility index (Phi) is 7.28. The maximum atomic E-state index is 13.5. The molecule has 0 N–H and O–H groups in total. The zero-order valence-corrected chi connectivity index (χ0v) is 20.0. The Morgan fingerprint density at radius 1 is 0.750 bits per heavy atom. The SMILES string of the molecule is CN(C(=O)C(C)(C)c1cc(C(F)(F)F)cc(C(F)(F)F)c1)c1cc(Cl)ccc1C(=O)c1ccccc1. The zero-order valence-electron chi connectivity index (χ0n) is 19.3. The molecule has 0 saturated carbocycles. The van der Waals surface area contributed by atoms with Gasteiger partial charge in [-0.15, -0.1) is 0 Å². The molecule has 36 heavy (non-hydrogen) atoms. The van der Waals surface area contributed by atoms with Crippen molar-refractivity contribution in [3.05, 3.63) is 99.6 Å². The largest absolute Gasteiger partial charge is 0.416 e. The number of ketones is 1. The van der Waals surface area contributed by atoms with Crippen molar-refractivity contribution in [1.82, 2.24) is 0 Å². The van der Waals surface area contributed by atoms with Gasteiger partial charge < -0.3 is 4.90 Å². The summed E-state index contributed by atoms with van der Waals surface area (Å²) in [5, 5.41) is 0.172. The van der Waals surface area contributed by atoms with Gasteiger partial charge in [-0.25, -0.2) is 0 Å². The van der Waals surface area contributed by atoms with Crippen LogP contribution >= 0.6 is 11.6 Å². The monoisotopic (exact) mass is 527 g/mol. The summed E-state index contributed by atoms with van der Waals surface area (Å²) in [5.74, 6) is -1.29. The van der Waals surface area contributed by atoms with E-state index in [1.54, 1.807) is 30.3 Å². The van der Waals surface area contributed by atoms with Crippen molar-refractivity contribution in [2.45, 2.75) is 31.6 Å². The van der Waals surface area contributed by atoms with Crippen molar-refractivity contribution < 1.29 is 35.9 Å². The third-order valence-corrected chi connectivity index (χ3v) is 5.99. The molecule has 10 heteroatoms. The topological polar surface area (TPSA) is 37.4 Å². The molecule has 0 fully saturated rings.